The van der Waals surface area contributed by atoms with Crippen LogP contribution >= 0.6 is 0 Å². The summed E-state index contributed by atoms with van der Waals surface area (Å²) < 4.78 is 5.21. The molecule has 0 N–H and O–H groups in total. The molecule has 1 aliphatic rings. The quantitative estimate of drug-likeness (QED) is 0.634. The van der Waals surface area contributed by atoms with Gasteiger partial charge in [0.05, 0.1) is 16.8 Å². The zero-order valence-corrected chi connectivity index (χ0v) is 10.2. The largest absolute Gasteiger partial charge is 0.443 e. The SMILES string of the molecule is O=C1c2ccccc2C(=O)N1c1cccc2ocnc12. The Hall–Kier alpha value is -2.95. The van der Waals surface area contributed by atoms with Gasteiger partial charge in [0.1, 0.15) is 5.52 Å². The number of aromatic nitrogens is 1. The second-order valence-electron chi connectivity index (χ2n) is 4.47. The van der Waals surface area contributed by atoms with Gasteiger partial charge in [0.2, 0.25) is 0 Å². The number of anilines is 1. The molecule has 0 unspecified atom stereocenters. The van der Waals surface area contributed by atoms with E-state index in [1.165, 1.54) is 6.39 Å². The van der Waals surface area contributed by atoms with Crippen molar-refractivity contribution in [1.82, 2.24) is 4.98 Å². The smallest absolute Gasteiger partial charge is 0.266 e. The van der Waals surface area contributed by atoms with Gasteiger partial charge in [0.25, 0.3) is 11.8 Å². The second kappa shape index (κ2) is 3.77. The fraction of sp³-hybridized carbons (Fsp3) is 0. The van der Waals surface area contributed by atoms with Crippen molar-refractivity contribution < 1.29 is 14.0 Å². The molecule has 0 saturated heterocycles. The predicted molar refractivity (Wildman–Crippen MR) is 71.6 cm³/mol. The standard InChI is InChI=1S/C15H8N2O3/c18-14-9-4-1-2-5-10(9)15(19)17(14)11-6-3-7-12-13(11)16-8-20-12/h1-8H. The summed E-state index contributed by atoms with van der Waals surface area (Å²) in [5.74, 6) is -0.665. The lowest BCUT2D eigenvalue weighted by molar-refractivity contribution is 0.0926. The molecule has 2 amide bonds. The monoisotopic (exact) mass is 264 g/mol. The Kier molecular flexibility index (Phi) is 2.06. The van der Waals surface area contributed by atoms with Crippen LogP contribution in [0, 0.1) is 0 Å². The Bertz CT molecular complexity index is 831. The van der Waals surface area contributed by atoms with Gasteiger partial charge in [-0.2, -0.15) is 0 Å². The number of rotatable bonds is 1. The van der Waals surface area contributed by atoms with Crippen molar-refractivity contribution in [2.45, 2.75) is 0 Å². The molecule has 2 aromatic carbocycles. The van der Waals surface area contributed by atoms with Gasteiger partial charge in [-0.05, 0) is 24.3 Å². The molecular weight excluding hydrogens is 256 g/mol. The normalized spacial score (nSPS) is 14.1. The van der Waals surface area contributed by atoms with Crippen LogP contribution in [0.4, 0.5) is 5.69 Å². The lowest BCUT2D eigenvalue weighted by Crippen LogP contribution is -2.29. The van der Waals surface area contributed by atoms with Crippen LogP contribution in [0.25, 0.3) is 11.1 Å². The van der Waals surface area contributed by atoms with Crippen LogP contribution in [0.5, 0.6) is 0 Å². The van der Waals surface area contributed by atoms with E-state index in [0.29, 0.717) is 27.9 Å². The average molecular weight is 264 g/mol. The van der Waals surface area contributed by atoms with E-state index in [9.17, 15) is 9.59 Å². The average Bonchev–Trinajstić information content (AvgIpc) is 3.04. The summed E-state index contributed by atoms with van der Waals surface area (Å²) in [5.41, 5.74) is 2.32. The number of carbonyl (C=O) groups is 2. The minimum atomic E-state index is -0.332. The number of imide groups is 1. The predicted octanol–water partition coefficient (Wildman–Crippen LogP) is 2.63. The first-order valence-electron chi connectivity index (χ1n) is 6.07. The Morgan fingerprint density at radius 3 is 2.30 bits per heavy atom. The first kappa shape index (κ1) is 10.9. The summed E-state index contributed by atoms with van der Waals surface area (Å²) in [6.07, 6.45) is 1.30. The molecule has 0 saturated carbocycles. The molecule has 1 aromatic heterocycles. The molecule has 0 fully saturated rings. The maximum Gasteiger partial charge on any atom is 0.266 e. The summed E-state index contributed by atoms with van der Waals surface area (Å²) in [5, 5.41) is 0. The number of hydrogen-bond acceptors (Lipinski definition) is 4. The third kappa shape index (κ3) is 1.29. The minimum Gasteiger partial charge on any atom is -0.443 e. The van der Waals surface area contributed by atoms with Crippen LogP contribution < -0.4 is 4.90 Å². The minimum absolute atomic E-state index is 0.332. The van der Waals surface area contributed by atoms with Gasteiger partial charge in [-0.25, -0.2) is 9.88 Å². The molecule has 4 rings (SSSR count). The van der Waals surface area contributed by atoms with E-state index in [1.54, 1.807) is 42.5 Å². The van der Waals surface area contributed by atoms with E-state index in [2.05, 4.69) is 4.98 Å². The van der Waals surface area contributed by atoms with Crippen molar-refractivity contribution in [3.05, 3.63) is 60.0 Å². The van der Waals surface area contributed by atoms with Crippen molar-refractivity contribution in [2.75, 3.05) is 4.90 Å². The third-order valence-electron chi connectivity index (χ3n) is 3.37. The van der Waals surface area contributed by atoms with Gasteiger partial charge in [0, 0.05) is 0 Å². The van der Waals surface area contributed by atoms with Crippen molar-refractivity contribution in [1.29, 1.82) is 0 Å². The van der Waals surface area contributed by atoms with Crippen molar-refractivity contribution in [2.24, 2.45) is 0 Å². The van der Waals surface area contributed by atoms with Gasteiger partial charge in [-0.15, -0.1) is 0 Å². The van der Waals surface area contributed by atoms with Crippen molar-refractivity contribution in [3.8, 4) is 0 Å². The highest BCUT2D eigenvalue weighted by Crippen LogP contribution is 2.32. The summed E-state index contributed by atoms with van der Waals surface area (Å²) >= 11 is 0. The summed E-state index contributed by atoms with van der Waals surface area (Å²) in [4.78, 5) is 30.1. The van der Waals surface area contributed by atoms with Gasteiger partial charge < -0.3 is 4.42 Å². The number of fused-ring (bicyclic) bond motifs is 2. The van der Waals surface area contributed by atoms with Crippen LogP contribution in [0.1, 0.15) is 20.7 Å². The Morgan fingerprint density at radius 1 is 0.900 bits per heavy atom. The number of hydrogen-bond donors (Lipinski definition) is 0. The molecule has 0 atom stereocenters. The molecule has 0 radical (unpaired) electrons. The number of amides is 2. The van der Waals surface area contributed by atoms with E-state index in [0.717, 1.165) is 4.90 Å². The van der Waals surface area contributed by atoms with E-state index in [1.807, 2.05) is 0 Å². The van der Waals surface area contributed by atoms with Crippen molar-refractivity contribution in [3.63, 3.8) is 0 Å². The highest BCUT2D eigenvalue weighted by atomic mass is 16.3. The molecule has 0 aliphatic carbocycles. The molecule has 3 aromatic rings. The Balaban J connectivity index is 1.95. The zero-order valence-electron chi connectivity index (χ0n) is 10.2. The number of benzene rings is 2. The van der Waals surface area contributed by atoms with Gasteiger partial charge in [0.15, 0.2) is 12.0 Å². The van der Waals surface area contributed by atoms with Gasteiger partial charge in [-0.3, -0.25) is 9.59 Å². The lowest BCUT2D eigenvalue weighted by Gasteiger charge is -2.13. The molecule has 2 heterocycles. The molecule has 0 spiro atoms. The van der Waals surface area contributed by atoms with Crippen LogP contribution in [-0.2, 0) is 0 Å². The molecule has 0 bridgehead atoms. The maximum atomic E-state index is 12.4. The molecule has 96 valence electrons. The molecular formula is C15H8N2O3. The van der Waals surface area contributed by atoms with Crippen LogP contribution in [0.15, 0.2) is 53.3 Å². The third-order valence-corrected chi connectivity index (χ3v) is 3.37. The lowest BCUT2D eigenvalue weighted by atomic mass is 10.1. The fourth-order valence-corrected chi connectivity index (χ4v) is 2.46. The van der Waals surface area contributed by atoms with E-state index in [4.69, 9.17) is 4.42 Å². The highest BCUT2D eigenvalue weighted by molar-refractivity contribution is 6.35. The number of nitrogens with zero attached hydrogens (tertiary/aromatic N) is 2. The number of carbonyl (C=O) groups excluding carboxylic acids is 2. The molecule has 1 aliphatic heterocycles. The van der Waals surface area contributed by atoms with Gasteiger partial charge >= 0.3 is 0 Å². The maximum absolute atomic E-state index is 12.4. The zero-order chi connectivity index (χ0) is 13.7. The summed E-state index contributed by atoms with van der Waals surface area (Å²) in [6, 6.07) is 11.9. The molecule has 20 heavy (non-hydrogen) atoms. The van der Waals surface area contributed by atoms with Crippen LogP contribution in [-0.4, -0.2) is 16.8 Å². The number of oxazole rings is 1. The topological polar surface area (TPSA) is 63.4 Å². The Labute approximate surface area is 113 Å². The van der Waals surface area contributed by atoms with E-state index in [-0.39, 0.29) is 11.8 Å². The second-order valence-corrected chi connectivity index (χ2v) is 4.47. The first-order valence-corrected chi connectivity index (χ1v) is 6.07. The van der Waals surface area contributed by atoms with Gasteiger partial charge in [-0.1, -0.05) is 18.2 Å². The number of para-hydroxylation sites is 1. The fourth-order valence-electron chi connectivity index (χ4n) is 2.46. The van der Waals surface area contributed by atoms with E-state index < -0.39 is 0 Å². The summed E-state index contributed by atoms with van der Waals surface area (Å²) in [7, 11) is 0. The summed E-state index contributed by atoms with van der Waals surface area (Å²) in [6.45, 7) is 0. The van der Waals surface area contributed by atoms with Crippen molar-refractivity contribution >= 4 is 28.6 Å². The Morgan fingerprint density at radius 2 is 1.60 bits per heavy atom. The first-order chi connectivity index (χ1) is 9.77. The van der Waals surface area contributed by atoms with Crippen LogP contribution in [0.2, 0.25) is 0 Å². The highest BCUT2D eigenvalue weighted by Gasteiger charge is 2.37. The molecule has 5 nitrogen and oxygen atoms in total. The molecule has 5 heteroatoms. The van der Waals surface area contributed by atoms with E-state index >= 15 is 0 Å². The van der Waals surface area contributed by atoms with Crippen LogP contribution in [0.3, 0.4) is 0 Å².